The smallest absolute Gasteiger partial charge is 0.163 e. The highest BCUT2D eigenvalue weighted by Gasteiger charge is 2.16. The Balaban J connectivity index is 2.86. The van der Waals surface area contributed by atoms with Crippen molar-refractivity contribution in [2.24, 2.45) is 0 Å². The summed E-state index contributed by atoms with van der Waals surface area (Å²) in [5.41, 5.74) is 0.297. The summed E-state index contributed by atoms with van der Waals surface area (Å²) in [4.78, 5) is 0. The Kier molecular flexibility index (Phi) is 4.65. The molecule has 0 bridgehead atoms. The molecule has 0 saturated carbocycles. The standard InChI is InChI=1S/C11H15F2NO/c1-3-15-7-10(14-2)8-5-4-6-9(12)11(8)13/h4-6,10,14H,3,7H2,1-2H3. The van der Waals surface area contributed by atoms with Crippen molar-refractivity contribution >= 4 is 0 Å². The fourth-order valence-corrected chi connectivity index (χ4v) is 1.35. The van der Waals surface area contributed by atoms with Crippen LogP contribution < -0.4 is 5.32 Å². The van der Waals surface area contributed by atoms with E-state index in [1.54, 1.807) is 13.1 Å². The third-order valence-corrected chi connectivity index (χ3v) is 2.19. The van der Waals surface area contributed by atoms with Crippen LogP contribution in [-0.4, -0.2) is 20.3 Å². The van der Waals surface area contributed by atoms with Gasteiger partial charge < -0.3 is 10.1 Å². The second kappa shape index (κ2) is 5.78. The molecule has 1 aromatic rings. The van der Waals surface area contributed by atoms with Gasteiger partial charge in [-0.3, -0.25) is 0 Å². The van der Waals surface area contributed by atoms with Gasteiger partial charge in [0, 0.05) is 12.2 Å². The number of ether oxygens (including phenoxy) is 1. The summed E-state index contributed by atoms with van der Waals surface area (Å²) in [6.45, 7) is 2.73. The van der Waals surface area contributed by atoms with Crippen LogP contribution in [0.1, 0.15) is 18.5 Å². The van der Waals surface area contributed by atoms with Crippen LogP contribution >= 0.6 is 0 Å². The number of hydrogen-bond donors (Lipinski definition) is 1. The summed E-state index contributed by atoms with van der Waals surface area (Å²) in [6.07, 6.45) is 0. The van der Waals surface area contributed by atoms with Gasteiger partial charge in [0.1, 0.15) is 0 Å². The average Bonchev–Trinajstić information content (AvgIpc) is 2.25. The minimum atomic E-state index is -0.829. The lowest BCUT2D eigenvalue weighted by molar-refractivity contribution is 0.124. The molecule has 1 atom stereocenters. The van der Waals surface area contributed by atoms with Crippen LogP contribution in [0, 0.1) is 11.6 Å². The van der Waals surface area contributed by atoms with E-state index in [1.807, 2.05) is 6.92 Å². The first-order valence-electron chi connectivity index (χ1n) is 4.89. The number of hydrogen-bond acceptors (Lipinski definition) is 2. The molecular weight excluding hydrogens is 200 g/mol. The number of likely N-dealkylation sites (N-methyl/N-ethyl adjacent to an activating group) is 1. The first-order chi connectivity index (χ1) is 7.20. The van der Waals surface area contributed by atoms with E-state index in [4.69, 9.17) is 4.74 Å². The normalized spacial score (nSPS) is 12.8. The van der Waals surface area contributed by atoms with Gasteiger partial charge >= 0.3 is 0 Å². The van der Waals surface area contributed by atoms with Crippen LogP contribution in [0.5, 0.6) is 0 Å². The van der Waals surface area contributed by atoms with Crippen LogP contribution in [0.25, 0.3) is 0 Å². The molecule has 0 heterocycles. The van der Waals surface area contributed by atoms with Crippen molar-refractivity contribution in [1.29, 1.82) is 0 Å². The maximum Gasteiger partial charge on any atom is 0.163 e. The zero-order valence-corrected chi connectivity index (χ0v) is 8.89. The fourth-order valence-electron chi connectivity index (χ4n) is 1.35. The van der Waals surface area contributed by atoms with Crippen molar-refractivity contribution in [2.75, 3.05) is 20.3 Å². The summed E-state index contributed by atoms with van der Waals surface area (Å²) in [5.74, 6) is -1.64. The van der Waals surface area contributed by atoms with Crippen LogP contribution in [0.3, 0.4) is 0 Å². The first kappa shape index (κ1) is 12.1. The third-order valence-electron chi connectivity index (χ3n) is 2.19. The van der Waals surface area contributed by atoms with E-state index < -0.39 is 11.6 Å². The van der Waals surface area contributed by atoms with Gasteiger partial charge in [-0.1, -0.05) is 12.1 Å². The van der Waals surface area contributed by atoms with Crippen LogP contribution in [0.15, 0.2) is 18.2 Å². The predicted molar refractivity (Wildman–Crippen MR) is 54.7 cm³/mol. The minimum Gasteiger partial charge on any atom is -0.380 e. The van der Waals surface area contributed by atoms with E-state index in [0.717, 1.165) is 6.07 Å². The highest BCUT2D eigenvalue weighted by Crippen LogP contribution is 2.19. The summed E-state index contributed by atoms with van der Waals surface area (Å²) >= 11 is 0. The van der Waals surface area contributed by atoms with E-state index in [0.29, 0.717) is 18.8 Å². The van der Waals surface area contributed by atoms with Crippen molar-refractivity contribution in [3.8, 4) is 0 Å². The van der Waals surface area contributed by atoms with E-state index >= 15 is 0 Å². The molecule has 0 radical (unpaired) electrons. The SMILES string of the molecule is CCOCC(NC)c1cccc(F)c1F. The van der Waals surface area contributed by atoms with E-state index in [2.05, 4.69) is 5.32 Å². The Hall–Kier alpha value is -1.00. The summed E-state index contributed by atoms with van der Waals surface area (Å²) in [5, 5.41) is 2.89. The molecule has 0 fully saturated rings. The van der Waals surface area contributed by atoms with Crippen molar-refractivity contribution in [3.05, 3.63) is 35.4 Å². The predicted octanol–water partition coefficient (Wildman–Crippen LogP) is 2.26. The Bertz CT molecular complexity index is 317. The monoisotopic (exact) mass is 215 g/mol. The Labute approximate surface area is 88.3 Å². The number of halogens is 2. The molecule has 1 rings (SSSR count). The molecule has 1 N–H and O–H groups in total. The Morgan fingerprint density at radius 1 is 1.40 bits per heavy atom. The Morgan fingerprint density at radius 3 is 2.73 bits per heavy atom. The molecule has 0 aliphatic rings. The molecule has 0 aromatic heterocycles. The van der Waals surface area contributed by atoms with Gasteiger partial charge in [0.2, 0.25) is 0 Å². The average molecular weight is 215 g/mol. The first-order valence-corrected chi connectivity index (χ1v) is 4.89. The van der Waals surface area contributed by atoms with Crippen molar-refractivity contribution < 1.29 is 13.5 Å². The summed E-state index contributed by atoms with van der Waals surface area (Å²) < 4.78 is 31.5. The Morgan fingerprint density at radius 2 is 2.13 bits per heavy atom. The molecule has 1 unspecified atom stereocenters. The molecule has 0 aliphatic heterocycles. The van der Waals surface area contributed by atoms with Gasteiger partial charge in [-0.2, -0.15) is 0 Å². The largest absolute Gasteiger partial charge is 0.380 e. The van der Waals surface area contributed by atoms with Crippen molar-refractivity contribution in [2.45, 2.75) is 13.0 Å². The maximum atomic E-state index is 13.4. The zero-order valence-electron chi connectivity index (χ0n) is 8.89. The molecule has 1 aromatic carbocycles. The van der Waals surface area contributed by atoms with Gasteiger partial charge in [0.25, 0.3) is 0 Å². The second-order valence-corrected chi connectivity index (χ2v) is 3.14. The summed E-state index contributed by atoms with van der Waals surface area (Å²) in [7, 11) is 1.69. The lowest BCUT2D eigenvalue weighted by Gasteiger charge is -2.17. The second-order valence-electron chi connectivity index (χ2n) is 3.14. The fraction of sp³-hybridized carbons (Fsp3) is 0.455. The van der Waals surface area contributed by atoms with Crippen LogP contribution in [-0.2, 0) is 4.74 Å². The van der Waals surface area contributed by atoms with Gasteiger partial charge in [-0.05, 0) is 20.0 Å². The van der Waals surface area contributed by atoms with Gasteiger partial charge in [-0.15, -0.1) is 0 Å². The lowest BCUT2D eigenvalue weighted by atomic mass is 10.1. The highest BCUT2D eigenvalue weighted by molar-refractivity contribution is 5.22. The van der Waals surface area contributed by atoms with E-state index in [1.165, 1.54) is 6.07 Å². The lowest BCUT2D eigenvalue weighted by Crippen LogP contribution is -2.23. The number of rotatable bonds is 5. The van der Waals surface area contributed by atoms with Crippen LogP contribution in [0.4, 0.5) is 8.78 Å². The van der Waals surface area contributed by atoms with Gasteiger partial charge in [-0.25, -0.2) is 8.78 Å². The van der Waals surface area contributed by atoms with Crippen molar-refractivity contribution in [1.82, 2.24) is 5.32 Å². The quantitative estimate of drug-likeness (QED) is 0.813. The van der Waals surface area contributed by atoms with Crippen molar-refractivity contribution in [3.63, 3.8) is 0 Å². The zero-order chi connectivity index (χ0) is 11.3. The topological polar surface area (TPSA) is 21.3 Å². The summed E-state index contributed by atoms with van der Waals surface area (Å²) in [6, 6.07) is 3.83. The molecule has 84 valence electrons. The maximum absolute atomic E-state index is 13.4. The molecule has 4 heteroatoms. The van der Waals surface area contributed by atoms with E-state index in [9.17, 15) is 8.78 Å². The minimum absolute atomic E-state index is 0.297. The highest BCUT2D eigenvalue weighted by atomic mass is 19.2. The molecule has 0 spiro atoms. The number of benzene rings is 1. The molecule has 0 aliphatic carbocycles. The third kappa shape index (κ3) is 2.97. The molecule has 15 heavy (non-hydrogen) atoms. The molecular formula is C11H15F2NO. The van der Waals surface area contributed by atoms with E-state index in [-0.39, 0.29) is 6.04 Å². The molecule has 2 nitrogen and oxygen atoms in total. The van der Waals surface area contributed by atoms with Gasteiger partial charge in [0.15, 0.2) is 11.6 Å². The molecule has 0 saturated heterocycles. The van der Waals surface area contributed by atoms with Gasteiger partial charge in [0.05, 0.1) is 12.6 Å². The number of nitrogens with one attached hydrogen (secondary N) is 1. The molecule has 0 amide bonds. The van der Waals surface area contributed by atoms with Crippen LogP contribution in [0.2, 0.25) is 0 Å².